The molecule has 5 heteroatoms. The van der Waals surface area contributed by atoms with Crippen molar-refractivity contribution in [3.63, 3.8) is 0 Å². The lowest BCUT2D eigenvalue weighted by atomic mass is 10.2. The molecule has 0 aromatic heterocycles. The minimum Gasteiger partial charge on any atom is -0.504 e. The van der Waals surface area contributed by atoms with Crippen LogP contribution in [0.4, 0.5) is 0 Å². The lowest BCUT2D eigenvalue weighted by Crippen LogP contribution is -2.08. The van der Waals surface area contributed by atoms with Crippen LogP contribution in [0.2, 0.25) is 0 Å². The van der Waals surface area contributed by atoms with Crippen molar-refractivity contribution in [1.29, 1.82) is 0 Å². The Morgan fingerprint density at radius 1 is 1.05 bits per heavy atom. The summed E-state index contributed by atoms with van der Waals surface area (Å²) in [6, 6.07) is 8.93. The fraction of sp³-hybridized carbons (Fsp3) is 0.0714. The number of carbonyl (C=O) groups is 1. The Kier molecular flexibility index (Phi) is 3.29. The molecule has 0 unspecified atom stereocenters. The first-order chi connectivity index (χ1) is 8.97. The van der Waals surface area contributed by atoms with Crippen LogP contribution in [0.25, 0.3) is 0 Å². The average Bonchev–Trinajstić information content (AvgIpc) is 2.35. The topological polar surface area (TPSA) is 87.0 Å². The van der Waals surface area contributed by atoms with Gasteiger partial charge in [0.2, 0.25) is 0 Å². The fourth-order valence-electron chi connectivity index (χ4n) is 1.57. The standard InChI is InChI=1S/C14H12O5/c1-8-3-2-4-10(5-8)19-14(18)9-6-11(15)13(17)12(16)7-9/h2-7,15-17H,1H3. The van der Waals surface area contributed by atoms with Gasteiger partial charge < -0.3 is 20.1 Å². The van der Waals surface area contributed by atoms with Gasteiger partial charge in [-0.15, -0.1) is 0 Å². The molecular weight excluding hydrogens is 248 g/mol. The van der Waals surface area contributed by atoms with Crippen molar-refractivity contribution in [2.75, 3.05) is 0 Å². The highest BCUT2D eigenvalue weighted by molar-refractivity contribution is 5.92. The molecule has 0 aliphatic rings. The molecule has 0 saturated heterocycles. The molecule has 0 amide bonds. The number of esters is 1. The van der Waals surface area contributed by atoms with E-state index in [2.05, 4.69) is 0 Å². The minimum absolute atomic E-state index is 0.0608. The van der Waals surface area contributed by atoms with E-state index in [0.717, 1.165) is 17.7 Å². The summed E-state index contributed by atoms with van der Waals surface area (Å²) in [5.74, 6) is -2.23. The Hall–Kier alpha value is -2.69. The van der Waals surface area contributed by atoms with Gasteiger partial charge in [-0.2, -0.15) is 0 Å². The smallest absolute Gasteiger partial charge is 0.343 e. The highest BCUT2D eigenvalue weighted by Crippen LogP contribution is 2.35. The van der Waals surface area contributed by atoms with E-state index >= 15 is 0 Å². The molecule has 0 aliphatic carbocycles. The van der Waals surface area contributed by atoms with Crippen LogP contribution in [0.5, 0.6) is 23.0 Å². The number of aryl methyl sites for hydroxylation is 1. The second kappa shape index (κ2) is 4.89. The molecule has 0 heterocycles. The second-order valence-corrected chi connectivity index (χ2v) is 4.07. The monoisotopic (exact) mass is 260 g/mol. The lowest BCUT2D eigenvalue weighted by Gasteiger charge is -2.07. The summed E-state index contributed by atoms with van der Waals surface area (Å²) >= 11 is 0. The zero-order valence-electron chi connectivity index (χ0n) is 10.1. The van der Waals surface area contributed by atoms with Crippen molar-refractivity contribution in [2.45, 2.75) is 6.92 Å². The summed E-state index contributed by atoms with van der Waals surface area (Å²) in [7, 11) is 0. The van der Waals surface area contributed by atoms with Crippen LogP contribution in [-0.2, 0) is 0 Å². The molecule has 0 fully saturated rings. The number of benzene rings is 2. The van der Waals surface area contributed by atoms with Crippen LogP contribution in [-0.4, -0.2) is 21.3 Å². The predicted octanol–water partition coefficient (Wildman–Crippen LogP) is 2.33. The van der Waals surface area contributed by atoms with Gasteiger partial charge in [0.25, 0.3) is 0 Å². The maximum absolute atomic E-state index is 11.8. The number of aromatic hydroxyl groups is 3. The zero-order chi connectivity index (χ0) is 14.0. The third kappa shape index (κ3) is 2.77. The normalized spacial score (nSPS) is 10.2. The van der Waals surface area contributed by atoms with Crippen molar-refractivity contribution < 1.29 is 24.9 Å². The molecule has 2 rings (SSSR count). The molecule has 0 bridgehead atoms. The quantitative estimate of drug-likeness (QED) is 0.438. The van der Waals surface area contributed by atoms with Gasteiger partial charge >= 0.3 is 5.97 Å². The number of carbonyl (C=O) groups excluding carboxylic acids is 1. The van der Waals surface area contributed by atoms with Crippen LogP contribution >= 0.6 is 0 Å². The summed E-state index contributed by atoms with van der Waals surface area (Å²) in [4.78, 5) is 11.8. The summed E-state index contributed by atoms with van der Waals surface area (Å²) in [5, 5.41) is 27.8. The van der Waals surface area contributed by atoms with E-state index in [4.69, 9.17) is 4.74 Å². The SMILES string of the molecule is Cc1cccc(OC(=O)c2cc(O)c(O)c(O)c2)c1. The van der Waals surface area contributed by atoms with Crippen LogP contribution in [0.1, 0.15) is 15.9 Å². The van der Waals surface area contributed by atoms with Crippen molar-refractivity contribution in [2.24, 2.45) is 0 Å². The third-order valence-corrected chi connectivity index (χ3v) is 2.51. The van der Waals surface area contributed by atoms with Gasteiger partial charge in [-0.25, -0.2) is 4.79 Å². The van der Waals surface area contributed by atoms with Crippen molar-refractivity contribution in [3.05, 3.63) is 47.5 Å². The van der Waals surface area contributed by atoms with E-state index in [9.17, 15) is 20.1 Å². The van der Waals surface area contributed by atoms with Gasteiger partial charge in [0.05, 0.1) is 5.56 Å². The Labute approximate surface area is 109 Å². The first-order valence-corrected chi connectivity index (χ1v) is 5.51. The van der Waals surface area contributed by atoms with E-state index in [1.165, 1.54) is 0 Å². The molecule has 0 saturated carbocycles. The third-order valence-electron chi connectivity index (χ3n) is 2.51. The Morgan fingerprint density at radius 3 is 2.26 bits per heavy atom. The molecule has 0 radical (unpaired) electrons. The van der Waals surface area contributed by atoms with Gasteiger partial charge in [-0.1, -0.05) is 12.1 Å². The maximum atomic E-state index is 11.8. The molecule has 19 heavy (non-hydrogen) atoms. The molecule has 0 spiro atoms. The summed E-state index contributed by atoms with van der Waals surface area (Å²) in [6.07, 6.45) is 0. The Bertz CT molecular complexity index is 610. The molecule has 98 valence electrons. The number of rotatable bonds is 2. The van der Waals surface area contributed by atoms with Crippen LogP contribution in [0.15, 0.2) is 36.4 Å². The van der Waals surface area contributed by atoms with E-state index in [1.807, 2.05) is 13.0 Å². The molecule has 0 atom stereocenters. The second-order valence-electron chi connectivity index (χ2n) is 4.07. The maximum Gasteiger partial charge on any atom is 0.343 e. The van der Waals surface area contributed by atoms with Gasteiger partial charge in [0.1, 0.15) is 5.75 Å². The molecule has 3 N–H and O–H groups in total. The average molecular weight is 260 g/mol. The predicted molar refractivity (Wildman–Crippen MR) is 67.6 cm³/mol. The van der Waals surface area contributed by atoms with Gasteiger partial charge in [0.15, 0.2) is 17.2 Å². The first kappa shape index (κ1) is 12.8. The van der Waals surface area contributed by atoms with Gasteiger partial charge in [-0.3, -0.25) is 0 Å². The lowest BCUT2D eigenvalue weighted by molar-refractivity contribution is 0.0733. The van der Waals surface area contributed by atoms with Crippen molar-refractivity contribution in [3.8, 4) is 23.0 Å². The molecule has 5 nitrogen and oxygen atoms in total. The van der Waals surface area contributed by atoms with Crippen LogP contribution < -0.4 is 4.74 Å². The number of ether oxygens (including phenoxy) is 1. The van der Waals surface area contributed by atoms with E-state index < -0.39 is 23.2 Å². The number of phenols is 3. The minimum atomic E-state index is -0.740. The van der Waals surface area contributed by atoms with Gasteiger partial charge in [-0.05, 0) is 36.8 Å². The fourth-order valence-corrected chi connectivity index (χ4v) is 1.57. The molecule has 2 aromatic rings. The summed E-state index contributed by atoms with van der Waals surface area (Å²) in [5.41, 5.74) is 0.871. The molecular formula is C14H12O5. The van der Waals surface area contributed by atoms with Crippen LogP contribution in [0.3, 0.4) is 0 Å². The molecule has 0 aliphatic heterocycles. The van der Waals surface area contributed by atoms with Gasteiger partial charge in [0, 0.05) is 0 Å². The molecule has 2 aromatic carbocycles. The zero-order valence-corrected chi connectivity index (χ0v) is 10.1. The van der Waals surface area contributed by atoms with Crippen molar-refractivity contribution in [1.82, 2.24) is 0 Å². The first-order valence-electron chi connectivity index (χ1n) is 5.51. The number of hydrogen-bond acceptors (Lipinski definition) is 5. The van der Waals surface area contributed by atoms with Crippen LogP contribution in [0, 0.1) is 6.92 Å². The summed E-state index contributed by atoms with van der Waals surface area (Å²) < 4.78 is 5.09. The largest absolute Gasteiger partial charge is 0.504 e. The Morgan fingerprint density at radius 2 is 1.68 bits per heavy atom. The highest BCUT2D eigenvalue weighted by Gasteiger charge is 2.15. The number of hydrogen-bond donors (Lipinski definition) is 3. The summed E-state index contributed by atoms with van der Waals surface area (Å²) in [6.45, 7) is 1.86. The van der Waals surface area contributed by atoms with E-state index in [1.54, 1.807) is 18.2 Å². The van der Waals surface area contributed by atoms with E-state index in [-0.39, 0.29) is 5.56 Å². The number of phenolic OH excluding ortho intramolecular Hbond substituents is 3. The van der Waals surface area contributed by atoms with E-state index in [0.29, 0.717) is 5.75 Å². The Balaban J connectivity index is 2.25. The highest BCUT2D eigenvalue weighted by atomic mass is 16.5. The van der Waals surface area contributed by atoms with Crippen molar-refractivity contribution >= 4 is 5.97 Å².